The number of benzene rings is 1. The summed E-state index contributed by atoms with van der Waals surface area (Å²) in [5, 5.41) is 10.8. The van der Waals surface area contributed by atoms with E-state index >= 15 is 0 Å². The minimum atomic E-state index is -3.84. The fourth-order valence-electron chi connectivity index (χ4n) is 2.73. The van der Waals surface area contributed by atoms with Gasteiger partial charge in [0.15, 0.2) is 0 Å². The molecule has 0 saturated carbocycles. The number of non-ortho nitro benzene ring substituents is 1. The molecule has 0 N–H and O–H groups in total. The van der Waals surface area contributed by atoms with Crippen LogP contribution in [-0.2, 0) is 21.3 Å². The van der Waals surface area contributed by atoms with E-state index in [9.17, 15) is 18.5 Å². The average molecular weight is 366 g/mol. The van der Waals surface area contributed by atoms with E-state index in [2.05, 4.69) is 0 Å². The van der Waals surface area contributed by atoms with E-state index in [4.69, 9.17) is 9.15 Å². The molecular weight excluding hydrogens is 348 g/mol. The van der Waals surface area contributed by atoms with Crippen molar-refractivity contribution < 1.29 is 22.5 Å². The van der Waals surface area contributed by atoms with Crippen LogP contribution in [-0.4, -0.2) is 36.9 Å². The molecule has 0 spiro atoms. The van der Waals surface area contributed by atoms with Crippen LogP contribution in [0.15, 0.2) is 52.0 Å². The molecule has 2 heterocycles. The summed E-state index contributed by atoms with van der Waals surface area (Å²) in [6.45, 7) is 0.906. The second-order valence-corrected chi connectivity index (χ2v) is 7.70. The van der Waals surface area contributed by atoms with E-state index in [0.717, 1.165) is 12.8 Å². The molecule has 8 nitrogen and oxygen atoms in total. The molecule has 1 aromatic carbocycles. The smallest absolute Gasteiger partial charge is 0.269 e. The van der Waals surface area contributed by atoms with Gasteiger partial charge < -0.3 is 9.15 Å². The SMILES string of the molecule is O=[N+]([O-])c1ccc(S(=O)(=O)N(Cc2ccco2)C[C@H]2CCCO2)cc1. The van der Waals surface area contributed by atoms with Crippen LogP contribution in [0.3, 0.4) is 0 Å². The molecule has 0 radical (unpaired) electrons. The van der Waals surface area contributed by atoms with Crippen LogP contribution in [0.2, 0.25) is 0 Å². The number of sulfonamides is 1. The van der Waals surface area contributed by atoms with Crippen molar-refractivity contribution in [1.82, 2.24) is 4.31 Å². The molecule has 1 atom stereocenters. The summed E-state index contributed by atoms with van der Waals surface area (Å²) >= 11 is 0. The predicted molar refractivity (Wildman–Crippen MR) is 88.4 cm³/mol. The summed E-state index contributed by atoms with van der Waals surface area (Å²) < 4.78 is 38.1. The lowest BCUT2D eigenvalue weighted by Gasteiger charge is -2.24. The first-order valence-electron chi connectivity index (χ1n) is 7.85. The Balaban J connectivity index is 1.87. The van der Waals surface area contributed by atoms with Crippen LogP contribution in [0.1, 0.15) is 18.6 Å². The van der Waals surface area contributed by atoms with Crippen LogP contribution >= 0.6 is 0 Å². The number of nitrogens with zero attached hydrogens (tertiary/aromatic N) is 2. The highest BCUT2D eigenvalue weighted by molar-refractivity contribution is 7.89. The Morgan fingerprint density at radius 1 is 1.24 bits per heavy atom. The summed E-state index contributed by atoms with van der Waals surface area (Å²) in [7, 11) is -3.84. The third kappa shape index (κ3) is 4.06. The molecule has 1 aliphatic heterocycles. The predicted octanol–water partition coefficient (Wildman–Crippen LogP) is 2.56. The second kappa shape index (κ2) is 7.34. The largest absolute Gasteiger partial charge is 0.468 e. The second-order valence-electron chi connectivity index (χ2n) is 5.76. The maximum absolute atomic E-state index is 13.0. The first-order valence-corrected chi connectivity index (χ1v) is 9.29. The quantitative estimate of drug-likeness (QED) is 0.551. The molecule has 0 amide bonds. The molecule has 3 rings (SSSR count). The van der Waals surface area contributed by atoms with Crippen LogP contribution in [0.5, 0.6) is 0 Å². The number of hydrogen-bond acceptors (Lipinski definition) is 6. The van der Waals surface area contributed by atoms with Gasteiger partial charge in [0, 0.05) is 25.3 Å². The zero-order valence-corrected chi connectivity index (χ0v) is 14.2. The minimum Gasteiger partial charge on any atom is -0.468 e. The first-order chi connectivity index (χ1) is 12.0. The summed E-state index contributed by atoms with van der Waals surface area (Å²) in [6.07, 6.45) is 3.02. The van der Waals surface area contributed by atoms with E-state index in [0.29, 0.717) is 12.4 Å². The molecule has 0 aliphatic carbocycles. The maximum Gasteiger partial charge on any atom is 0.269 e. The van der Waals surface area contributed by atoms with Gasteiger partial charge in [0.2, 0.25) is 10.0 Å². The van der Waals surface area contributed by atoms with Crippen molar-refractivity contribution in [2.24, 2.45) is 0 Å². The molecule has 0 unspecified atom stereocenters. The number of ether oxygens (including phenoxy) is 1. The number of rotatable bonds is 7. The monoisotopic (exact) mass is 366 g/mol. The molecule has 134 valence electrons. The lowest BCUT2D eigenvalue weighted by molar-refractivity contribution is -0.384. The van der Waals surface area contributed by atoms with Gasteiger partial charge in [0.1, 0.15) is 5.76 Å². The Bertz CT molecular complexity index is 811. The van der Waals surface area contributed by atoms with Crippen molar-refractivity contribution in [3.8, 4) is 0 Å². The van der Waals surface area contributed by atoms with E-state index in [1.807, 2.05) is 0 Å². The summed E-state index contributed by atoms with van der Waals surface area (Å²) in [5.41, 5.74) is -0.157. The Kier molecular flexibility index (Phi) is 5.16. The van der Waals surface area contributed by atoms with Gasteiger partial charge in [-0.1, -0.05) is 0 Å². The molecule has 0 bridgehead atoms. The molecular formula is C16H18N2O6S. The average Bonchev–Trinajstić information content (AvgIpc) is 3.28. The number of nitro benzene ring substituents is 1. The molecule has 1 aromatic heterocycles. The van der Waals surface area contributed by atoms with Gasteiger partial charge >= 0.3 is 0 Å². The Morgan fingerprint density at radius 3 is 2.56 bits per heavy atom. The van der Waals surface area contributed by atoms with Crippen LogP contribution in [0, 0.1) is 10.1 Å². The van der Waals surface area contributed by atoms with Gasteiger partial charge in [-0.15, -0.1) is 0 Å². The molecule has 25 heavy (non-hydrogen) atoms. The lowest BCUT2D eigenvalue weighted by Crippen LogP contribution is -2.36. The van der Waals surface area contributed by atoms with Crippen LogP contribution in [0.4, 0.5) is 5.69 Å². The third-order valence-electron chi connectivity index (χ3n) is 4.03. The van der Waals surface area contributed by atoms with Crippen molar-refractivity contribution >= 4 is 15.7 Å². The summed E-state index contributed by atoms with van der Waals surface area (Å²) in [4.78, 5) is 10.2. The van der Waals surface area contributed by atoms with Gasteiger partial charge in [-0.05, 0) is 37.1 Å². The van der Waals surface area contributed by atoms with Crippen molar-refractivity contribution in [2.45, 2.75) is 30.4 Å². The lowest BCUT2D eigenvalue weighted by atomic mass is 10.2. The molecule has 1 fully saturated rings. The normalized spacial score (nSPS) is 17.9. The highest BCUT2D eigenvalue weighted by Gasteiger charge is 2.30. The van der Waals surface area contributed by atoms with Gasteiger partial charge in [0.05, 0.1) is 28.7 Å². The maximum atomic E-state index is 13.0. The number of furan rings is 1. The van der Waals surface area contributed by atoms with Gasteiger partial charge in [-0.25, -0.2) is 8.42 Å². The van der Waals surface area contributed by atoms with E-state index in [1.165, 1.54) is 34.8 Å². The highest BCUT2D eigenvalue weighted by Crippen LogP contribution is 2.24. The highest BCUT2D eigenvalue weighted by atomic mass is 32.2. The zero-order valence-electron chi connectivity index (χ0n) is 13.4. The fraction of sp³-hybridized carbons (Fsp3) is 0.375. The standard InChI is InChI=1S/C16H18N2O6S/c19-18(20)13-5-7-16(8-6-13)25(21,22)17(11-14-3-1-9-23-14)12-15-4-2-10-24-15/h1,3,5-9,15H,2,4,10-12H2/t15-/m1/s1. The molecule has 1 aliphatic rings. The van der Waals surface area contributed by atoms with Crippen molar-refractivity contribution in [2.75, 3.05) is 13.2 Å². The first kappa shape index (κ1) is 17.6. The third-order valence-corrected chi connectivity index (χ3v) is 5.85. The Labute approximate surface area is 145 Å². The summed E-state index contributed by atoms with van der Waals surface area (Å²) in [5.74, 6) is 0.517. The molecule has 2 aromatic rings. The molecule has 9 heteroatoms. The van der Waals surface area contributed by atoms with Gasteiger partial charge in [-0.3, -0.25) is 10.1 Å². The van der Waals surface area contributed by atoms with Crippen LogP contribution < -0.4 is 0 Å². The Morgan fingerprint density at radius 2 is 2.00 bits per heavy atom. The van der Waals surface area contributed by atoms with Gasteiger partial charge in [-0.2, -0.15) is 4.31 Å². The zero-order chi connectivity index (χ0) is 17.9. The van der Waals surface area contributed by atoms with Crippen molar-refractivity contribution in [3.63, 3.8) is 0 Å². The summed E-state index contributed by atoms with van der Waals surface area (Å²) in [6, 6.07) is 8.26. The van der Waals surface area contributed by atoms with E-state index < -0.39 is 14.9 Å². The van der Waals surface area contributed by atoms with E-state index in [-0.39, 0.29) is 29.8 Å². The fourth-order valence-corrected chi connectivity index (χ4v) is 4.17. The van der Waals surface area contributed by atoms with Crippen molar-refractivity contribution in [1.29, 1.82) is 0 Å². The van der Waals surface area contributed by atoms with Crippen molar-refractivity contribution in [3.05, 3.63) is 58.5 Å². The van der Waals surface area contributed by atoms with E-state index in [1.54, 1.807) is 12.1 Å². The topological polar surface area (TPSA) is 103 Å². The number of nitro groups is 1. The number of hydrogen-bond donors (Lipinski definition) is 0. The molecule has 1 saturated heterocycles. The minimum absolute atomic E-state index is 0.00246. The Hall–Kier alpha value is -2.23. The van der Waals surface area contributed by atoms with Crippen LogP contribution in [0.25, 0.3) is 0 Å². The van der Waals surface area contributed by atoms with Gasteiger partial charge in [0.25, 0.3) is 5.69 Å².